The number of nitrogens with one attached hydrogen (secondary N) is 1. The van der Waals surface area contributed by atoms with Crippen LogP contribution in [0.2, 0.25) is 0 Å². The zero-order valence-corrected chi connectivity index (χ0v) is 10.6. The lowest BCUT2D eigenvalue weighted by Gasteiger charge is -2.07. The Hall–Kier alpha value is -1.08. The molecule has 0 saturated carbocycles. The number of aryl methyl sites for hydroxylation is 1. The molecule has 0 aliphatic carbocycles. The lowest BCUT2D eigenvalue weighted by atomic mass is 10.3. The van der Waals surface area contributed by atoms with Crippen LogP contribution >= 0.6 is 11.3 Å². The van der Waals surface area contributed by atoms with Crippen LogP contribution in [-0.4, -0.2) is 25.2 Å². The second-order valence-electron chi connectivity index (χ2n) is 3.35. The van der Waals surface area contributed by atoms with E-state index < -0.39 is 16.0 Å². The van der Waals surface area contributed by atoms with E-state index in [-0.39, 0.29) is 16.3 Å². The van der Waals surface area contributed by atoms with Crippen molar-refractivity contribution in [2.75, 3.05) is 10.5 Å². The SMILES string of the molecule is CCCS(=O)(=O)Nc1c(C)csc1C(=O)O. The highest BCUT2D eigenvalue weighted by atomic mass is 32.2. The van der Waals surface area contributed by atoms with Gasteiger partial charge < -0.3 is 5.11 Å². The van der Waals surface area contributed by atoms with Crippen molar-refractivity contribution < 1.29 is 18.3 Å². The monoisotopic (exact) mass is 263 g/mol. The van der Waals surface area contributed by atoms with E-state index >= 15 is 0 Å². The maximum absolute atomic E-state index is 11.5. The van der Waals surface area contributed by atoms with Crippen LogP contribution in [0.1, 0.15) is 28.6 Å². The summed E-state index contributed by atoms with van der Waals surface area (Å²) in [5.74, 6) is -1.13. The van der Waals surface area contributed by atoms with E-state index in [1.807, 2.05) is 0 Å². The first-order chi connectivity index (χ1) is 7.37. The van der Waals surface area contributed by atoms with Gasteiger partial charge in [-0.2, -0.15) is 0 Å². The van der Waals surface area contributed by atoms with E-state index in [4.69, 9.17) is 5.11 Å². The maximum atomic E-state index is 11.5. The van der Waals surface area contributed by atoms with Crippen LogP contribution in [0.5, 0.6) is 0 Å². The summed E-state index contributed by atoms with van der Waals surface area (Å²) in [6, 6.07) is 0. The predicted octanol–water partition coefficient (Wildman–Crippen LogP) is 1.91. The van der Waals surface area contributed by atoms with Crippen molar-refractivity contribution in [1.82, 2.24) is 0 Å². The number of rotatable bonds is 5. The number of aromatic carboxylic acids is 1. The number of anilines is 1. The molecular weight excluding hydrogens is 250 g/mol. The van der Waals surface area contributed by atoms with Gasteiger partial charge in [-0.25, -0.2) is 13.2 Å². The van der Waals surface area contributed by atoms with Crippen molar-refractivity contribution in [3.05, 3.63) is 15.8 Å². The molecule has 0 aliphatic rings. The molecule has 0 spiro atoms. The molecule has 0 unspecified atom stereocenters. The Balaban J connectivity index is 3.05. The summed E-state index contributed by atoms with van der Waals surface area (Å²) in [5.41, 5.74) is 0.813. The summed E-state index contributed by atoms with van der Waals surface area (Å²) in [5, 5.41) is 10.5. The molecule has 1 heterocycles. The quantitative estimate of drug-likeness (QED) is 0.850. The van der Waals surface area contributed by atoms with Gasteiger partial charge in [-0.3, -0.25) is 4.72 Å². The molecule has 0 bridgehead atoms. The number of hydrogen-bond acceptors (Lipinski definition) is 4. The molecule has 0 amide bonds. The number of carbonyl (C=O) groups is 1. The number of carboxylic acid groups (broad SMARTS) is 1. The molecule has 7 heteroatoms. The van der Waals surface area contributed by atoms with Gasteiger partial charge in [0, 0.05) is 0 Å². The van der Waals surface area contributed by atoms with Gasteiger partial charge in [0.1, 0.15) is 4.88 Å². The second-order valence-corrected chi connectivity index (χ2v) is 6.07. The highest BCUT2D eigenvalue weighted by Gasteiger charge is 2.19. The van der Waals surface area contributed by atoms with Crippen LogP contribution < -0.4 is 4.72 Å². The average molecular weight is 263 g/mol. The third-order valence-electron chi connectivity index (χ3n) is 1.90. The molecular formula is C9H13NO4S2. The molecule has 0 fully saturated rings. The normalized spacial score (nSPS) is 11.4. The first-order valence-electron chi connectivity index (χ1n) is 4.69. The van der Waals surface area contributed by atoms with E-state index in [9.17, 15) is 13.2 Å². The zero-order chi connectivity index (χ0) is 12.3. The van der Waals surface area contributed by atoms with Gasteiger partial charge in [0.25, 0.3) is 0 Å². The topological polar surface area (TPSA) is 83.5 Å². The molecule has 0 aromatic carbocycles. The number of hydrogen-bond donors (Lipinski definition) is 2. The second kappa shape index (κ2) is 4.84. The molecule has 1 aromatic heterocycles. The molecule has 1 rings (SSSR count). The lowest BCUT2D eigenvalue weighted by Crippen LogP contribution is -2.17. The molecule has 2 N–H and O–H groups in total. The Bertz CT molecular complexity index is 490. The van der Waals surface area contributed by atoms with Gasteiger partial charge in [-0.1, -0.05) is 6.92 Å². The molecule has 0 atom stereocenters. The number of thiophene rings is 1. The Labute approximate surface area is 98.2 Å². The van der Waals surface area contributed by atoms with Crippen LogP contribution in [0.3, 0.4) is 0 Å². The van der Waals surface area contributed by atoms with Crippen LogP contribution in [0.15, 0.2) is 5.38 Å². The van der Waals surface area contributed by atoms with Gasteiger partial charge >= 0.3 is 5.97 Å². The van der Waals surface area contributed by atoms with E-state index in [2.05, 4.69) is 4.72 Å². The summed E-state index contributed by atoms with van der Waals surface area (Å²) in [6.07, 6.45) is 0.487. The lowest BCUT2D eigenvalue weighted by molar-refractivity contribution is 0.0703. The molecule has 1 aromatic rings. The standard InChI is InChI=1S/C9H13NO4S2/c1-3-4-16(13,14)10-7-6(2)5-15-8(7)9(11)12/h5,10H,3-4H2,1-2H3,(H,11,12). The Morgan fingerprint density at radius 2 is 2.19 bits per heavy atom. The molecule has 16 heavy (non-hydrogen) atoms. The van der Waals surface area contributed by atoms with Crippen molar-refractivity contribution in [3.8, 4) is 0 Å². The van der Waals surface area contributed by atoms with Gasteiger partial charge in [-0.15, -0.1) is 11.3 Å². The fourth-order valence-electron chi connectivity index (χ4n) is 1.20. The Kier molecular flexibility index (Phi) is 3.93. The van der Waals surface area contributed by atoms with Gasteiger partial charge in [-0.05, 0) is 24.3 Å². The van der Waals surface area contributed by atoms with Crippen molar-refractivity contribution in [3.63, 3.8) is 0 Å². The van der Waals surface area contributed by atoms with Gasteiger partial charge in [0.05, 0.1) is 11.4 Å². The summed E-state index contributed by atoms with van der Waals surface area (Å²) >= 11 is 1.02. The summed E-state index contributed by atoms with van der Waals surface area (Å²) in [7, 11) is -3.44. The predicted molar refractivity (Wildman–Crippen MR) is 63.7 cm³/mol. The van der Waals surface area contributed by atoms with Crippen molar-refractivity contribution in [1.29, 1.82) is 0 Å². The number of carboxylic acids is 1. The van der Waals surface area contributed by atoms with Crippen molar-refractivity contribution >= 4 is 33.0 Å². The molecule has 0 aliphatic heterocycles. The third-order valence-corrected chi connectivity index (χ3v) is 4.45. The molecule has 90 valence electrons. The largest absolute Gasteiger partial charge is 0.477 e. The summed E-state index contributed by atoms with van der Waals surface area (Å²) in [6.45, 7) is 3.42. The first kappa shape index (κ1) is 13.0. The van der Waals surface area contributed by atoms with Crippen molar-refractivity contribution in [2.24, 2.45) is 0 Å². The fourth-order valence-corrected chi connectivity index (χ4v) is 3.33. The zero-order valence-electron chi connectivity index (χ0n) is 8.98. The minimum atomic E-state index is -3.44. The van der Waals surface area contributed by atoms with E-state index in [0.29, 0.717) is 12.0 Å². The summed E-state index contributed by atoms with van der Waals surface area (Å²) in [4.78, 5) is 10.9. The highest BCUT2D eigenvalue weighted by molar-refractivity contribution is 7.92. The van der Waals surface area contributed by atoms with E-state index in [0.717, 1.165) is 11.3 Å². The Morgan fingerprint density at radius 1 is 1.56 bits per heavy atom. The summed E-state index contributed by atoms with van der Waals surface area (Å²) < 4.78 is 25.4. The first-order valence-corrected chi connectivity index (χ1v) is 7.22. The molecule has 0 saturated heterocycles. The van der Waals surface area contributed by atoms with Crippen LogP contribution in [-0.2, 0) is 10.0 Å². The van der Waals surface area contributed by atoms with E-state index in [1.54, 1.807) is 19.2 Å². The average Bonchev–Trinajstić information content (AvgIpc) is 2.47. The smallest absolute Gasteiger partial charge is 0.348 e. The third kappa shape index (κ3) is 2.96. The fraction of sp³-hybridized carbons (Fsp3) is 0.444. The van der Waals surface area contributed by atoms with Crippen molar-refractivity contribution in [2.45, 2.75) is 20.3 Å². The van der Waals surface area contributed by atoms with Crippen LogP contribution in [0.4, 0.5) is 5.69 Å². The maximum Gasteiger partial charge on any atom is 0.348 e. The minimum Gasteiger partial charge on any atom is -0.477 e. The van der Waals surface area contributed by atoms with Gasteiger partial charge in [0.2, 0.25) is 10.0 Å². The Morgan fingerprint density at radius 3 is 2.69 bits per heavy atom. The molecule has 0 radical (unpaired) electrons. The minimum absolute atomic E-state index is 0.0126. The number of sulfonamides is 1. The van der Waals surface area contributed by atoms with Crippen LogP contribution in [0.25, 0.3) is 0 Å². The van der Waals surface area contributed by atoms with Crippen LogP contribution in [0, 0.1) is 6.92 Å². The molecule has 5 nitrogen and oxygen atoms in total. The highest BCUT2D eigenvalue weighted by Crippen LogP contribution is 2.28. The van der Waals surface area contributed by atoms with Gasteiger partial charge in [0.15, 0.2) is 0 Å². The van der Waals surface area contributed by atoms with E-state index in [1.165, 1.54) is 0 Å².